The summed E-state index contributed by atoms with van der Waals surface area (Å²) in [6.45, 7) is 1.73. The second-order valence-corrected chi connectivity index (χ2v) is 13.0. The van der Waals surface area contributed by atoms with Crippen molar-refractivity contribution in [2.45, 2.75) is 35.4 Å². The quantitative estimate of drug-likeness (QED) is 0.221. The molecule has 6 unspecified atom stereocenters. The first-order valence-corrected chi connectivity index (χ1v) is 14.1. The molecule has 196 valence electrons. The number of hydrogen-bond donors (Lipinski definition) is 1. The van der Waals surface area contributed by atoms with Crippen LogP contribution in [0.3, 0.4) is 0 Å². The summed E-state index contributed by atoms with van der Waals surface area (Å²) in [6.07, 6.45) is 2.05. The highest BCUT2D eigenvalue weighted by atomic mass is 127. The van der Waals surface area contributed by atoms with Gasteiger partial charge in [-0.25, -0.2) is 0 Å². The molecule has 38 heavy (non-hydrogen) atoms. The lowest BCUT2D eigenvalue weighted by Crippen LogP contribution is -2.60. The number of benzene rings is 2. The molecule has 1 N–H and O–H groups in total. The van der Waals surface area contributed by atoms with Crippen molar-refractivity contribution in [3.8, 4) is 5.75 Å². The van der Waals surface area contributed by atoms with Crippen LogP contribution < -0.4 is 4.90 Å². The molecule has 10 heteroatoms. The van der Waals surface area contributed by atoms with E-state index in [1.165, 1.54) is 11.9 Å². The SMILES string of the molecule is Cc1cccc(C2C3=CCC4C(=O)N(c5ccc(I)cc5)C(=O)C4C3CC3(Cl)C(=O)N(C)C(=O)C23Cl)c1O. The van der Waals surface area contributed by atoms with Gasteiger partial charge in [0, 0.05) is 22.1 Å². The summed E-state index contributed by atoms with van der Waals surface area (Å²) in [6, 6.07) is 12.3. The Labute approximate surface area is 242 Å². The molecule has 7 nitrogen and oxygen atoms in total. The second kappa shape index (κ2) is 8.53. The Morgan fingerprint density at radius 1 is 0.974 bits per heavy atom. The Bertz CT molecular complexity index is 1480. The number of alkyl halides is 2. The largest absolute Gasteiger partial charge is 0.507 e. The normalized spacial score (nSPS) is 34.3. The van der Waals surface area contributed by atoms with Crippen molar-refractivity contribution in [1.82, 2.24) is 4.90 Å². The lowest BCUT2D eigenvalue weighted by atomic mass is 9.56. The van der Waals surface area contributed by atoms with E-state index in [4.69, 9.17) is 23.2 Å². The first-order chi connectivity index (χ1) is 17.9. The maximum absolute atomic E-state index is 13.9. The summed E-state index contributed by atoms with van der Waals surface area (Å²) >= 11 is 16.4. The number of fused-ring (bicyclic) bond motifs is 4. The minimum absolute atomic E-state index is 0.0515. The molecule has 4 aliphatic rings. The standard InChI is InChI=1S/C28H23Cl2IN2O5/c1-13-4-3-5-18(22(13)34)21-16-10-11-17-20(24(36)33(23(17)35)15-8-6-14(31)7-9-15)19(16)12-27(29)25(37)32(2)26(38)28(21,27)30/h3-10,17,19-21,34H,11-12H2,1-2H3. The number of phenolic OH excluding ortho intramolecular Hbond substituents is 1. The van der Waals surface area contributed by atoms with Crippen molar-refractivity contribution >= 4 is 75.1 Å². The summed E-state index contributed by atoms with van der Waals surface area (Å²) in [5.74, 6) is -5.03. The molecule has 2 heterocycles. The number of aromatic hydroxyl groups is 1. The number of amides is 4. The fourth-order valence-corrected chi connectivity index (χ4v) is 8.22. The van der Waals surface area contributed by atoms with Gasteiger partial charge in [0.15, 0.2) is 9.75 Å². The molecule has 0 bridgehead atoms. The van der Waals surface area contributed by atoms with Crippen LogP contribution in [0.15, 0.2) is 54.1 Å². The molecular formula is C28H23Cl2IN2O5. The third-order valence-electron chi connectivity index (χ3n) is 8.68. The van der Waals surface area contributed by atoms with E-state index in [1.807, 2.05) is 18.2 Å². The van der Waals surface area contributed by atoms with Crippen LogP contribution >= 0.6 is 45.8 Å². The summed E-state index contributed by atoms with van der Waals surface area (Å²) in [4.78, 5) is 52.9. The van der Waals surface area contributed by atoms with Crippen LogP contribution in [0.4, 0.5) is 5.69 Å². The molecule has 2 aromatic rings. The Kier molecular flexibility index (Phi) is 5.80. The Morgan fingerprint density at radius 3 is 2.34 bits per heavy atom. The molecule has 0 radical (unpaired) electrons. The average molecular weight is 665 g/mol. The van der Waals surface area contributed by atoms with Crippen LogP contribution in [0, 0.1) is 28.2 Å². The van der Waals surface area contributed by atoms with E-state index < -0.39 is 45.2 Å². The highest BCUT2D eigenvalue weighted by Crippen LogP contribution is 2.66. The number of para-hydroxylation sites is 1. The van der Waals surface area contributed by atoms with Crippen LogP contribution in [0.5, 0.6) is 5.75 Å². The minimum Gasteiger partial charge on any atom is -0.507 e. The molecule has 6 atom stereocenters. The average Bonchev–Trinajstić information content (AvgIpc) is 3.22. The number of halogens is 3. The van der Waals surface area contributed by atoms with E-state index in [0.29, 0.717) is 22.4 Å². The molecule has 2 aliphatic heterocycles. The first-order valence-electron chi connectivity index (χ1n) is 12.3. The number of phenols is 1. The molecule has 0 aromatic heterocycles. The Balaban J connectivity index is 1.53. The van der Waals surface area contributed by atoms with Gasteiger partial charge in [0.25, 0.3) is 11.8 Å². The summed E-state index contributed by atoms with van der Waals surface area (Å²) in [5.41, 5.74) is 2.07. The summed E-state index contributed by atoms with van der Waals surface area (Å²) in [5, 5.41) is 11.1. The lowest BCUT2D eigenvalue weighted by Gasteiger charge is -2.50. The highest BCUT2D eigenvalue weighted by Gasteiger charge is 2.76. The molecule has 2 aromatic carbocycles. The zero-order chi connectivity index (χ0) is 27.3. The number of carbonyl (C=O) groups excluding carboxylic acids is 4. The third-order valence-corrected chi connectivity index (χ3v) is 10.8. The van der Waals surface area contributed by atoms with Gasteiger partial charge in [0.2, 0.25) is 11.8 Å². The number of allylic oxidation sites excluding steroid dienone is 2. The predicted octanol–water partition coefficient (Wildman–Crippen LogP) is 4.50. The van der Waals surface area contributed by atoms with Gasteiger partial charge in [-0.05, 0) is 78.1 Å². The molecule has 0 spiro atoms. The lowest BCUT2D eigenvalue weighted by molar-refractivity contribution is -0.138. The predicted molar refractivity (Wildman–Crippen MR) is 150 cm³/mol. The topological polar surface area (TPSA) is 95.0 Å². The number of anilines is 1. The fourth-order valence-electron chi connectivity index (χ4n) is 6.85. The van der Waals surface area contributed by atoms with Crippen LogP contribution in [0.25, 0.3) is 0 Å². The van der Waals surface area contributed by atoms with E-state index in [9.17, 15) is 24.3 Å². The molecule has 1 saturated carbocycles. The second-order valence-electron chi connectivity index (χ2n) is 10.5. The van der Waals surface area contributed by atoms with Crippen molar-refractivity contribution in [3.63, 3.8) is 0 Å². The highest BCUT2D eigenvalue weighted by molar-refractivity contribution is 14.1. The molecular weight excluding hydrogens is 642 g/mol. The first kappa shape index (κ1) is 25.8. The van der Waals surface area contributed by atoms with Crippen molar-refractivity contribution in [1.29, 1.82) is 0 Å². The number of nitrogens with zero attached hydrogens (tertiary/aromatic N) is 2. The molecule has 2 aliphatic carbocycles. The van der Waals surface area contributed by atoms with E-state index in [-0.39, 0.29) is 30.4 Å². The van der Waals surface area contributed by atoms with Crippen molar-refractivity contribution < 1.29 is 24.3 Å². The maximum Gasteiger partial charge on any atom is 0.253 e. The molecule has 6 rings (SSSR count). The number of aryl methyl sites for hydroxylation is 1. The molecule has 2 saturated heterocycles. The van der Waals surface area contributed by atoms with Crippen LogP contribution in [0.1, 0.15) is 29.9 Å². The summed E-state index contributed by atoms with van der Waals surface area (Å²) in [7, 11) is 1.34. The van der Waals surface area contributed by atoms with E-state index >= 15 is 0 Å². The van der Waals surface area contributed by atoms with Crippen molar-refractivity contribution in [2.24, 2.45) is 17.8 Å². The molecule has 3 fully saturated rings. The van der Waals surface area contributed by atoms with Gasteiger partial charge in [-0.3, -0.25) is 29.0 Å². The van der Waals surface area contributed by atoms with Crippen molar-refractivity contribution in [3.05, 3.63) is 68.8 Å². The van der Waals surface area contributed by atoms with E-state index in [2.05, 4.69) is 22.6 Å². The maximum atomic E-state index is 13.9. The third kappa shape index (κ3) is 3.14. The van der Waals surface area contributed by atoms with Gasteiger partial charge in [0.05, 0.1) is 17.5 Å². The van der Waals surface area contributed by atoms with Crippen LogP contribution in [0.2, 0.25) is 0 Å². The zero-order valence-electron chi connectivity index (χ0n) is 20.5. The number of carbonyl (C=O) groups is 4. The molecule has 4 amide bonds. The smallest absolute Gasteiger partial charge is 0.253 e. The van der Waals surface area contributed by atoms with E-state index in [0.717, 1.165) is 8.47 Å². The van der Waals surface area contributed by atoms with Gasteiger partial charge >= 0.3 is 0 Å². The fraction of sp³-hybridized carbons (Fsp3) is 0.357. The minimum atomic E-state index is -1.91. The van der Waals surface area contributed by atoms with Gasteiger partial charge in [0.1, 0.15) is 5.75 Å². The number of imide groups is 2. The number of rotatable bonds is 2. The summed E-state index contributed by atoms with van der Waals surface area (Å²) < 4.78 is 0.968. The van der Waals surface area contributed by atoms with Crippen molar-refractivity contribution in [2.75, 3.05) is 11.9 Å². The van der Waals surface area contributed by atoms with Gasteiger partial charge in [-0.2, -0.15) is 0 Å². The van der Waals surface area contributed by atoms with Gasteiger partial charge in [-0.15, -0.1) is 23.2 Å². The number of hydrogen-bond acceptors (Lipinski definition) is 5. The Morgan fingerprint density at radius 2 is 1.66 bits per heavy atom. The monoisotopic (exact) mass is 664 g/mol. The van der Waals surface area contributed by atoms with Crippen LogP contribution in [-0.2, 0) is 19.2 Å². The van der Waals surface area contributed by atoms with Crippen LogP contribution in [-0.4, -0.2) is 50.4 Å². The van der Waals surface area contributed by atoms with Gasteiger partial charge in [-0.1, -0.05) is 29.8 Å². The Hall–Kier alpha value is -2.43. The van der Waals surface area contributed by atoms with Gasteiger partial charge < -0.3 is 5.11 Å². The zero-order valence-corrected chi connectivity index (χ0v) is 24.1. The van der Waals surface area contributed by atoms with E-state index in [1.54, 1.807) is 37.3 Å². The number of likely N-dealkylation sites (tertiary alicyclic amines) is 1.